The Bertz CT molecular complexity index is 1390. The van der Waals surface area contributed by atoms with Crippen LogP contribution in [0.15, 0.2) is 47.8 Å². The van der Waals surface area contributed by atoms with Crippen LogP contribution < -0.4 is 5.73 Å². The molecule has 0 bridgehead atoms. The van der Waals surface area contributed by atoms with Crippen LogP contribution in [0.5, 0.6) is 0 Å². The third-order valence-corrected chi connectivity index (χ3v) is 8.82. The number of aromatic carboxylic acids is 1. The van der Waals surface area contributed by atoms with Gasteiger partial charge in [0.25, 0.3) is 5.91 Å². The van der Waals surface area contributed by atoms with Gasteiger partial charge in [-0.05, 0) is 56.1 Å². The maximum Gasteiger partial charge on any atom is 0.347 e. The number of hydrogen-bond donors (Lipinski definition) is 2. The van der Waals surface area contributed by atoms with Crippen LogP contribution in [-0.2, 0) is 16.6 Å². The molecule has 3 aromatic rings. The molecule has 3 N–H and O–H groups in total. The zero-order valence-electron chi connectivity index (χ0n) is 20.7. The van der Waals surface area contributed by atoms with E-state index in [-0.39, 0.29) is 21.2 Å². The Morgan fingerprint density at radius 2 is 1.81 bits per heavy atom. The van der Waals surface area contributed by atoms with E-state index < -0.39 is 17.9 Å². The maximum atomic E-state index is 13.4. The first-order valence-corrected chi connectivity index (χ1v) is 13.4. The van der Waals surface area contributed by atoms with Crippen LogP contribution in [0.2, 0.25) is 5.02 Å². The first kappa shape index (κ1) is 25.4. The van der Waals surface area contributed by atoms with E-state index in [1.165, 1.54) is 23.3 Å². The molecule has 192 valence electrons. The van der Waals surface area contributed by atoms with Crippen molar-refractivity contribution >= 4 is 40.7 Å². The van der Waals surface area contributed by atoms with E-state index in [9.17, 15) is 19.5 Å². The van der Waals surface area contributed by atoms with E-state index in [1.807, 2.05) is 0 Å². The molecule has 2 heterocycles. The van der Waals surface area contributed by atoms with Gasteiger partial charge in [-0.15, -0.1) is 11.3 Å². The number of nitrogens with two attached hydrogens (primary N) is 1. The van der Waals surface area contributed by atoms with Crippen molar-refractivity contribution in [2.24, 2.45) is 5.73 Å². The van der Waals surface area contributed by atoms with Gasteiger partial charge >= 0.3 is 5.97 Å². The minimum atomic E-state index is -1.13. The molecule has 7 nitrogen and oxygen atoms in total. The smallest absolute Gasteiger partial charge is 0.347 e. The number of carboxylic acid groups (broad SMARTS) is 1. The van der Waals surface area contributed by atoms with Crippen molar-refractivity contribution in [1.29, 1.82) is 0 Å². The largest absolute Gasteiger partial charge is 0.477 e. The summed E-state index contributed by atoms with van der Waals surface area (Å²) in [5.41, 5.74) is 10.4. The average molecular weight is 538 g/mol. The summed E-state index contributed by atoms with van der Waals surface area (Å²) >= 11 is 7.39. The molecule has 1 aliphatic carbocycles. The molecule has 1 atom stereocenters. The fraction of sp³-hybridized carbons (Fsp3) is 0.321. The topological polar surface area (TPSA) is 104 Å². The lowest BCUT2D eigenvalue weighted by atomic mass is 9.93. The molecule has 2 aliphatic rings. The van der Waals surface area contributed by atoms with E-state index >= 15 is 0 Å². The molecule has 0 spiro atoms. The van der Waals surface area contributed by atoms with Gasteiger partial charge in [0, 0.05) is 40.6 Å². The predicted molar refractivity (Wildman–Crippen MR) is 144 cm³/mol. The lowest BCUT2D eigenvalue weighted by molar-refractivity contribution is -0.122. The number of primary amides is 1. The van der Waals surface area contributed by atoms with Crippen molar-refractivity contribution in [3.05, 3.63) is 80.0 Å². The predicted octanol–water partition coefficient (Wildman–Crippen LogP) is 4.58. The van der Waals surface area contributed by atoms with E-state index in [0.29, 0.717) is 35.2 Å². The second-order valence-electron chi connectivity index (χ2n) is 10.1. The quantitative estimate of drug-likeness (QED) is 0.415. The maximum absolute atomic E-state index is 13.4. The Labute approximate surface area is 224 Å². The number of rotatable bonds is 9. The monoisotopic (exact) mass is 537 g/mol. The number of carbonyl (C=O) groups is 3. The summed E-state index contributed by atoms with van der Waals surface area (Å²) in [6, 6.07) is 12.7. The van der Waals surface area contributed by atoms with E-state index in [0.717, 1.165) is 23.4 Å². The Hall–Kier alpha value is -3.20. The van der Waals surface area contributed by atoms with Crippen LogP contribution in [0.25, 0.3) is 11.1 Å². The van der Waals surface area contributed by atoms with Gasteiger partial charge in [0.05, 0.1) is 5.02 Å². The number of fused-ring (bicyclic) bond motifs is 1. The Morgan fingerprint density at radius 3 is 2.38 bits per heavy atom. The number of thiophene rings is 1. The molecule has 9 heteroatoms. The van der Waals surface area contributed by atoms with Crippen LogP contribution in [0.3, 0.4) is 0 Å². The van der Waals surface area contributed by atoms with Gasteiger partial charge in [0.15, 0.2) is 0 Å². The number of nitrogens with zero attached hydrogens (tertiary/aromatic N) is 2. The summed E-state index contributed by atoms with van der Waals surface area (Å²) in [5.74, 6) is -2.04. The highest BCUT2D eigenvalue weighted by Gasteiger charge is 2.44. The Balaban J connectivity index is 1.40. The fourth-order valence-corrected chi connectivity index (χ4v) is 6.70. The van der Waals surface area contributed by atoms with Gasteiger partial charge in [-0.3, -0.25) is 9.59 Å². The summed E-state index contributed by atoms with van der Waals surface area (Å²) in [6.45, 7) is 1.35. The van der Waals surface area contributed by atoms with Crippen LogP contribution in [-0.4, -0.2) is 59.9 Å². The van der Waals surface area contributed by atoms with Crippen molar-refractivity contribution in [3.8, 4) is 11.1 Å². The van der Waals surface area contributed by atoms with Gasteiger partial charge in [-0.2, -0.15) is 0 Å². The molecule has 1 unspecified atom stereocenters. The zero-order chi connectivity index (χ0) is 26.5. The highest BCUT2D eigenvalue weighted by molar-refractivity contribution is 7.13. The second kappa shape index (κ2) is 9.59. The molecule has 5 rings (SSSR count). The fourth-order valence-electron chi connectivity index (χ4n) is 5.47. The van der Waals surface area contributed by atoms with Gasteiger partial charge in [0.1, 0.15) is 10.9 Å². The highest BCUT2D eigenvalue weighted by atomic mass is 35.5. The zero-order valence-corrected chi connectivity index (χ0v) is 22.2. The average Bonchev–Trinajstić information content (AvgIpc) is 3.42. The third kappa shape index (κ3) is 4.54. The van der Waals surface area contributed by atoms with Crippen LogP contribution in [0.1, 0.15) is 55.6 Å². The molecule has 1 aromatic heterocycles. The summed E-state index contributed by atoms with van der Waals surface area (Å²) < 4.78 is 0. The highest BCUT2D eigenvalue weighted by Crippen LogP contribution is 2.48. The van der Waals surface area contributed by atoms with E-state index in [1.54, 1.807) is 23.6 Å². The standard InChI is InChI=1S/C28H28ClN3O4S/c1-31(2)15-28(11-12-28)17-8-6-16(7-9-17)10-13-32-23(25(30)33)21-18(4-3-5-19(21)26(32)34)20-14-37-24(22(20)29)27(35)36/h3-9,14,23H,10-13,15H2,1-2H3,(H2,30,33)(H,35,36). The minimum Gasteiger partial charge on any atom is -0.477 e. The number of halogens is 1. The SMILES string of the molecule is CN(C)CC1(c2ccc(CCN3C(=O)c4cccc(-c5csc(C(=O)O)c5Cl)c4C3C(N)=O)cc2)CC1. The molecule has 1 fully saturated rings. The van der Waals surface area contributed by atoms with Crippen LogP contribution in [0.4, 0.5) is 0 Å². The Morgan fingerprint density at radius 1 is 1.14 bits per heavy atom. The van der Waals surface area contributed by atoms with Gasteiger partial charge in [-0.1, -0.05) is 48.0 Å². The van der Waals surface area contributed by atoms with Gasteiger partial charge in [-0.25, -0.2) is 4.79 Å². The molecule has 1 aliphatic heterocycles. The second-order valence-corrected chi connectivity index (χ2v) is 11.4. The van der Waals surface area contributed by atoms with Crippen molar-refractivity contribution in [2.75, 3.05) is 27.2 Å². The summed E-state index contributed by atoms with van der Waals surface area (Å²) in [4.78, 5) is 41.3. The number of carboxylic acids is 1. The normalized spacial score (nSPS) is 17.8. The minimum absolute atomic E-state index is 0.00748. The number of benzene rings is 2. The summed E-state index contributed by atoms with van der Waals surface area (Å²) in [5, 5.41) is 11.1. The van der Waals surface area contributed by atoms with Gasteiger partial charge < -0.3 is 20.6 Å². The van der Waals surface area contributed by atoms with Crippen LogP contribution in [0, 0.1) is 0 Å². The van der Waals surface area contributed by atoms with Crippen molar-refractivity contribution in [1.82, 2.24) is 9.80 Å². The van der Waals surface area contributed by atoms with Crippen molar-refractivity contribution in [2.45, 2.75) is 30.7 Å². The van der Waals surface area contributed by atoms with Gasteiger partial charge in [0.2, 0.25) is 5.91 Å². The lowest BCUT2D eigenvalue weighted by Gasteiger charge is -2.24. The van der Waals surface area contributed by atoms with Crippen molar-refractivity contribution in [3.63, 3.8) is 0 Å². The summed E-state index contributed by atoms with van der Waals surface area (Å²) in [7, 11) is 4.19. The third-order valence-electron chi connectivity index (χ3n) is 7.35. The first-order chi connectivity index (χ1) is 17.6. The molecule has 2 amide bonds. The van der Waals surface area contributed by atoms with Crippen LogP contribution >= 0.6 is 22.9 Å². The summed E-state index contributed by atoms with van der Waals surface area (Å²) in [6.07, 6.45) is 2.95. The molecular formula is C28H28ClN3O4S. The number of amides is 2. The van der Waals surface area contributed by atoms with E-state index in [4.69, 9.17) is 17.3 Å². The Kier molecular flexibility index (Phi) is 6.60. The number of carbonyl (C=O) groups excluding carboxylic acids is 2. The molecule has 2 aromatic carbocycles. The molecule has 1 saturated carbocycles. The van der Waals surface area contributed by atoms with Crippen molar-refractivity contribution < 1.29 is 19.5 Å². The first-order valence-electron chi connectivity index (χ1n) is 12.1. The molecule has 37 heavy (non-hydrogen) atoms. The molecular weight excluding hydrogens is 510 g/mol. The number of likely N-dealkylation sites (N-methyl/N-ethyl adjacent to an activating group) is 1. The number of hydrogen-bond acceptors (Lipinski definition) is 5. The van der Waals surface area contributed by atoms with E-state index in [2.05, 4.69) is 43.3 Å². The molecule has 0 saturated heterocycles. The molecule has 0 radical (unpaired) electrons. The lowest BCUT2D eigenvalue weighted by Crippen LogP contribution is -2.37.